The number of rotatable bonds is 5. The van der Waals surface area contributed by atoms with Crippen LogP contribution in [0.3, 0.4) is 0 Å². The molecule has 114 valence electrons. The number of nitrogens with two attached hydrogens (primary N) is 1. The first kappa shape index (κ1) is 14.4. The zero-order valence-corrected chi connectivity index (χ0v) is 12.5. The Balaban J connectivity index is 1.89. The van der Waals surface area contributed by atoms with Gasteiger partial charge in [0.25, 0.3) is 0 Å². The van der Waals surface area contributed by atoms with Gasteiger partial charge in [-0.15, -0.1) is 0 Å². The van der Waals surface area contributed by atoms with Crippen molar-refractivity contribution in [2.45, 2.75) is 31.6 Å². The van der Waals surface area contributed by atoms with Crippen molar-refractivity contribution < 1.29 is 14.3 Å². The van der Waals surface area contributed by atoms with Gasteiger partial charge in [0.05, 0.1) is 19.1 Å². The smallest absolute Gasteiger partial charge is 0.313 e. The molecule has 2 unspecified atom stereocenters. The molecule has 1 fully saturated rings. The molecule has 3 rings (SSSR count). The quantitative estimate of drug-likeness (QED) is 0.846. The maximum absolute atomic E-state index is 12.4. The summed E-state index contributed by atoms with van der Waals surface area (Å²) in [5, 5.41) is 0. The lowest BCUT2D eigenvalue weighted by molar-refractivity contribution is -0.154. The summed E-state index contributed by atoms with van der Waals surface area (Å²) in [7, 11) is 1.47. The fourth-order valence-electron chi connectivity index (χ4n) is 3.66. The average Bonchev–Trinajstić information content (AvgIpc) is 3.37. The highest BCUT2D eigenvalue weighted by molar-refractivity contribution is 5.78. The summed E-state index contributed by atoms with van der Waals surface area (Å²) in [5.74, 6) is 1.50. The molecular formula is C17H23NO3. The van der Waals surface area contributed by atoms with Crippen LogP contribution in [0.5, 0.6) is 5.75 Å². The molecule has 2 aliphatic rings. The Labute approximate surface area is 125 Å². The molecule has 0 spiro atoms. The van der Waals surface area contributed by atoms with Gasteiger partial charge in [0.2, 0.25) is 0 Å². The largest absolute Gasteiger partial charge is 0.493 e. The first-order valence-corrected chi connectivity index (χ1v) is 7.71. The molecule has 0 aromatic heterocycles. The van der Waals surface area contributed by atoms with E-state index < -0.39 is 5.41 Å². The predicted octanol–water partition coefficient (Wildman–Crippen LogP) is 2.47. The Morgan fingerprint density at radius 1 is 1.38 bits per heavy atom. The van der Waals surface area contributed by atoms with Gasteiger partial charge in [-0.1, -0.05) is 18.2 Å². The SMILES string of the molecule is COC(=O)C(CN)(CC1CCOc2ccccc21)C1CC1. The summed E-state index contributed by atoms with van der Waals surface area (Å²) in [6.07, 6.45) is 3.86. The maximum Gasteiger partial charge on any atom is 0.313 e. The third-order valence-corrected chi connectivity index (χ3v) is 5.01. The van der Waals surface area contributed by atoms with Crippen molar-refractivity contribution in [3.05, 3.63) is 29.8 Å². The molecule has 0 saturated heterocycles. The lowest BCUT2D eigenvalue weighted by atomic mass is 9.72. The molecule has 1 aliphatic carbocycles. The van der Waals surface area contributed by atoms with Crippen molar-refractivity contribution in [1.29, 1.82) is 0 Å². The number of esters is 1. The Morgan fingerprint density at radius 3 is 2.81 bits per heavy atom. The number of para-hydroxylation sites is 1. The number of hydrogen-bond acceptors (Lipinski definition) is 4. The minimum Gasteiger partial charge on any atom is -0.493 e. The van der Waals surface area contributed by atoms with E-state index >= 15 is 0 Å². The lowest BCUT2D eigenvalue weighted by Crippen LogP contribution is -2.43. The zero-order valence-electron chi connectivity index (χ0n) is 12.5. The Hall–Kier alpha value is -1.55. The topological polar surface area (TPSA) is 61.5 Å². The summed E-state index contributed by atoms with van der Waals surface area (Å²) in [6.45, 7) is 1.07. The van der Waals surface area contributed by atoms with E-state index in [0.717, 1.165) is 31.4 Å². The molecule has 2 N–H and O–H groups in total. The fraction of sp³-hybridized carbons (Fsp3) is 0.588. The van der Waals surface area contributed by atoms with E-state index in [1.807, 2.05) is 18.2 Å². The van der Waals surface area contributed by atoms with Crippen LogP contribution in [0.15, 0.2) is 24.3 Å². The predicted molar refractivity (Wildman–Crippen MR) is 80.1 cm³/mol. The number of carbonyl (C=O) groups excluding carboxylic acids is 1. The number of hydrogen-bond donors (Lipinski definition) is 1. The van der Waals surface area contributed by atoms with Gasteiger partial charge in [0.15, 0.2) is 0 Å². The molecular weight excluding hydrogens is 266 g/mol. The molecule has 1 aliphatic heterocycles. The van der Waals surface area contributed by atoms with Crippen molar-refractivity contribution in [2.24, 2.45) is 17.1 Å². The second kappa shape index (κ2) is 5.68. The summed E-state index contributed by atoms with van der Waals surface area (Å²) in [6, 6.07) is 8.12. The van der Waals surface area contributed by atoms with Crippen LogP contribution in [0.2, 0.25) is 0 Å². The first-order valence-electron chi connectivity index (χ1n) is 7.71. The van der Waals surface area contributed by atoms with Crippen LogP contribution in [0.4, 0.5) is 0 Å². The molecule has 0 bridgehead atoms. The van der Waals surface area contributed by atoms with E-state index in [4.69, 9.17) is 15.2 Å². The van der Waals surface area contributed by atoms with Crippen LogP contribution in [0.25, 0.3) is 0 Å². The van der Waals surface area contributed by atoms with E-state index in [2.05, 4.69) is 6.07 Å². The standard InChI is InChI=1S/C17H23NO3/c1-20-16(19)17(11-18,13-6-7-13)10-12-8-9-21-15-5-3-2-4-14(12)15/h2-5,12-13H,6-11,18H2,1H3. The van der Waals surface area contributed by atoms with E-state index in [0.29, 0.717) is 25.0 Å². The fourth-order valence-corrected chi connectivity index (χ4v) is 3.66. The molecule has 2 atom stereocenters. The van der Waals surface area contributed by atoms with Crippen LogP contribution < -0.4 is 10.5 Å². The Morgan fingerprint density at radius 2 is 2.14 bits per heavy atom. The minimum absolute atomic E-state index is 0.142. The molecule has 1 saturated carbocycles. The van der Waals surface area contributed by atoms with Crippen molar-refractivity contribution >= 4 is 5.97 Å². The second-order valence-corrected chi connectivity index (χ2v) is 6.20. The van der Waals surface area contributed by atoms with Gasteiger partial charge in [-0.3, -0.25) is 4.79 Å². The van der Waals surface area contributed by atoms with Gasteiger partial charge < -0.3 is 15.2 Å². The van der Waals surface area contributed by atoms with Crippen molar-refractivity contribution in [1.82, 2.24) is 0 Å². The van der Waals surface area contributed by atoms with Crippen LogP contribution in [-0.2, 0) is 9.53 Å². The van der Waals surface area contributed by atoms with Crippen molar-refractivity contribution in [2.75, 3.05) is 20.3 Å². The van der Waals surface area contributed by atoms with Gasteiger partial charge in [-0.2, -0.15) is 0 Å². The van der Waals surface area contributed by atoms with Gasteiger partial charge in [-0.25, -0.2) is 0 Å². The molecule has 1 aromatic rings. The van der Waals surface area contributed by atoms with Gasteiger partial charge in [0.1, 0.15) is 5.75 Å². The number of fused-ring (bicyclic) bond motifs is 1. The lowest BCUT2D eigenvalue weighted by Gasteiger charge is -2.35. The molecule has 0 radical (unpaired) electrons. The van der Waals surface area contributed by atoms with E-state index in [-0.39, 0.29) is 5.97 Å². The normalized spacial score (nSPS) is 23.6. The molecule has 0 amide bonds. The molecule has 4 nitrogen and oxygen atoms in total. The summed E-state index contributed by atoms with van der Waals surface area (Å²) in [5.41, 5.74) is 6.71. The van der Waals surface area contributed by atoms with Gasteiger partial charge in [0, 0.05) is 6.54 Å². The third-order valence-electron chi connectivity index (χ3n) is 5.01. The third kappa shape index (κ3) is 2.53. The highest BCUT2D eigenvalue weighted by Crippen LogP contribution is 2.52. The van der Waals surface area contributed by atoms with Crippen LogP contribution in [0.1, 0.15) is 37.2 Å². The van der Waals surface area contributed by atoms with E-state index in [1.54, 1.807) is 0 Å². The first-order chi connectivity index (χ1) is 10.2. The molecule has 21 heavy (non-hydrogen) atoms. The average molecular weight is 289 g/mol. The Bertz CT molecular complexity index is 527. The monoisotopic (exact) mass is 289 g/mol. The number of ether oxygens (including phenoxy) is 2. The maximum atomic E-state index is 12.4. The van der Waals surface area contributed by atoms with Crippen LogP contribution >= 0.6 is 0 Å². The summed E-state index contributed by atoms with van der Waals surface area (Å²) < 4.78 is 10.8. The van der Waals surface area contributed by atoms with Crippen LogP contribution in [0, 0.1) is 11.3 Å². The van der Waals surface area contributed by atoms with Crippen molar-refractivity contribution in [3.63, 3.8) is 0 Å². The number of benzene rings is 1. The second-order valence-electron chi connectivity index (χ2n) is 6.20. The molecule has 1 aromatic carbocycles. The highest BCUT2D eigenvalue weighted by atomic mass is 16.5. The van der Waals surface area contributed by atoms with Gasteiger partial charge >= 0.3 is 5.97 Å². The van der Waals surface area contributed by atoms with E-state index in [1.165, 1.54) is 12.7 Å². The van der Waals surface area contributed by atoms with Gasteiger partial charge in [-0.05, 0) is 49.1 Å². The van der Waals surface area contributed by atoms with Crippen molar-refractivity contribution in [3.8, 4) is 5.75 Å². The number of carbonyl (C=O) groups is 1. The Kier molecular flexibility index (Phi) is 3.89. The summed E-state index contributed by atoms with van der Waals surface area (Å²) >= 11 is 0. The minimum atomic E-state index is -0.524. The van der Waals surface area contributed by atoms with Crippen LogP contribution in [-0.4, -0.2) is 26.2 Å². The number of methoxy groups -OCH3 is 1. The molecule has 1 heterocycles. The zero-order chi connectivity index (χ0) is 14.9. The van der Waals surface area contributed by atoms with E-state index in [9.17, 15) is 4.79 Å². The highest BCUT2D eigenvalue weighted by Gasteiger charge is 2.52. The summed E-state index contributed by atoms with van der Waals surface area (Å²) in [4.78, 5) is 12.4. The molecule has 4 heteroatoms.